The summed E-state index contributed by atoms with van der Waals surface area (Å²) < 4.78 is 85.1. The van der Waals surface area contributed by atoms with Gasteiger partial charge in [-0.15, -0.1) is 0 Å². The fourth-order valence-corrected chi connectivity index (χ4v) is 4.16. The lowest BCUT2D eigenvalue weighted by atomic mass is 9.97. The fourth-order valence-electron chi connectivity index (χ4n) is 4.16. The zero-order chi connectivity index (χ0) is 28.7. The Balaban J connectivity index is 1.92. The molecule has 0 aliphatic carbocycles. The number of phenols is 1. The van der Waals surface area contributed by atoms with Crippen molar-refractivity contribution in [3.63, 3.8) is 0 Å². The van der Waals surface area contributed by atoms with E-state index in [0.29, 0.717) is 12.1 Å². The highest BCUT2D eigenvalue weighted by Crippen LogP contribution is 2.45. The number of carboxylic acid groups (broad SMARTS) is 1. The minimum Gasteiger partial charge on any atom is -0.504 e. The number of carboxylic acids is 1. The van der Waals surface area contributed by atoms with Crippen LogP contribution in [0.15, 0.2) is 78.0 Å². The van der Waals surface area contributed by atoms with Crippen LogP contribution in [0.4, 0.5) is 37.7 Å². The molecule has 0 bridgehead atoms. The van der Waals surface area contributed by atoms with Crippen molar-refractivity contribution in [1.29, 1.82) is 0 Å². The van der Waals surface area contributed by atoms with Crippen LogP contribution in [0, 0.1) is 0 Å². The van der Waals surface area contributed by atoms with E-state index in [0.717, 1.165) is 41.3 Å². The predicted octanol–water partition coefficient (Wildman–Crippen LogP) is 5.98. The van der Waals surface area contributed by atoms with Gasteiger partial charge in [-0.3, -0.25) is 9.69 Å². The van der Waals surface area contributed by atoms with E-state index in [1.807, 2.05) is 0 Å². The molecular weight excluding hydrogens is 534 g/mol. The lowest BCUT2D eigenvalue weighted by Crippen LogP contribution is -2.32. The summed E-state index contributed by atoms with van der Waals surface area (Å²) in [6.07, 6.45) is -9.53. The molecule has 13 heteroatoms. The van der Waals surface area contributed by atoms with Crippen molar-refractivity contribution in [2.24, 2.45) is 0 Å². The number of nitrogens with zero attached hydrogens (tertiary/aromatic N) is 1. The van der Waals surface area contributed by atoms with Crippen LogP contribution >= 0.6 is 0 Å². The third kappa shape index (κ3) is 5.33. The number of carbonyl (C=O) groups excluding carboxylic acids is 1. The Morgan fingerprint density at radius 3 is 2.13 bits per heavy atom. The van der Waals surface area contributed by atoms with Crippen molar-refractivity contribution in [1.82, 2.24) is 0 Å². The molecule has 39 heavy (non-hydrogen) atoms. The SMILES string of the molecule is COc1cc(C2C(C(=O)O)=C(Nc3cccc(C(F)(F)F)c3)C(=O)N2c2cccc(C(F)(F)F)c2)ccc1O. The van der Waals surface area contributed by atoms with E-state index in [-0.39, 0.29) is 28.4 Å². The summed E-state index contributed by atoms with van der Waals surface area (Å²) in [5.41, 5.74) is -4.07. The van der Waals surface area contributed by atoms with E-state index in [2.05, 4.69) is 5.32 Å². The van der Waals surface area contributed by atoms with Gasteiger partial charge in [0.2, 0.25) is 0 Å². The molecule has 3 N–H and O–H groups in total. The van der Waals surface area contributed by atoms with Gasteiger partial charge in [-0.05, 0) is 54.1 Å². The quantitative estimate of drug-likeness (QED) is 0.326. The number of aromatic hydroxyl groups is 1. The number of amides is 1. The lowest BCUT2D eigenvalue weighted by molar-refractivity contribution is -0.138. The molecule has 0 fully saturated rings. The van der Waals surface area contributed by atoms with Crippen LogP contribution in [0.25, 0.3) is 0 Å². The maximum atomic E-state index is 13.6. The topological polar surface area (TPSA) is 99.1 Å². The van der Waals surface area contributed by atoms with Crippen molar-refractivity contribution >= 4 is 23.3 Å². The smallest absolute Gasteiger partial charge is 0.416 e. The highest BCUT2D eigenvalue weighted by Gasteiger charge is 2.45. The van der Waals surface area contributed by atoms with Crippen LogP contribution in [-0.2, 0) is 21.9 Å². The zero-order valence-corrected chi connectivity index (χ0v) is 19.8. The number of carbonyl (C=O) groups is 2. The Morgan fingerprint density at radius 2 is 1.54 bits per heavy atom. The number of alkyl halides is 6. The maximum absolute atomic E-state index is 13.6. The molecule has 0 saturated heterocycles. The number of rotatable bonds is 6. The molecule has 0 radical (unpaired) electrons. The molecular formula is C26H18F6N2O5. The second-order valence-corrected chi connectivity index (χ2v) is 8.35. The standard InChI is InChI=1S/C26H18F6N2O5/c1-39-19-10-13(8-9-18(19)35)22-20(24(37)38)21(33-16-6-2-4-14(11-16)25(27,28)29)23(36)34(22)17-7-3-5-15(12-17)26(30,31)32/h2-12,22,33,35H,1H3,(H,37,38). The van der Waals surface area contributed by atoms with Crippen molar-refractivity contribution < 1.29 is 50.9 Å². The molecule has 1 aliphatic rings. The van der Waals surface area contributed by atoms with Crippen molar-refractivity contribution in [3.05, 3.63) is 94.7 Å². The number of hydrogen-bond donors (Lipinski definition) is 3. The Kier molecular flexibility index (Phi) is 6.94. The normalized spacial score (nSPS) is 16.0. The zero-order valence-electron chi connectivity index (χ0n) is 19.8. The van der Waals surface area contributed by atoms with E-state index in [9.17, 15) is 46.1 Å². The van der Waals surface area contributed by atoms with E-state index < -0.39 is 52.7 Å². The van der Waals surface area contributed by atoms with Gasteiger partial charge in [0.1, 0.15) is 5.70 Å². The van der Waals surface area contributed by atoms with Gasteiger partial charge in [0, 0.05) is 11.4 Å². The van der Waals surface area contributed by atoms with Gasteiger partial charge in [0.05, 0.1) is 29.9 Å². The molecule has 0 saturated carbocycles. The Hall–Kier alpha value is -4.68. The monoisotopic (exact) mass is 552 g/mol. The van der Waals surface area contributed by atoms with Gasteiger partial charge < -0.3 is 20.3 Å². The number of aliphatic carboxylic acids is 1. The van der Waals surface area contributed by atoms with Crippen LogP contribution in [0.3, 0.4) is 0 Å². The summed E-state index contributed by atoms with van der Waals surface area (Å²) in [7, 11) is 1.21. The van der Waals surface area contributed by atoms with Crippen LogP contribution in [0.1, 0.15) is 22.7 Å². The molecule has 1 amide bonds. The van der Waals surface area contributed by atoms with E-state index in [1.165, 1.54) is 25.3 Å². The molecule has 1 unspecified atom stereocenters. The highest BCUT2D eigenvalue weighted by atomic mass is 19.4. The average molecular weight is 552 g/mol. The number of phenolic OH excluding ortho intramolecular Hbond substituents is 1. The third-order valence-corrected chi connectivity index (χ3v) is 5.89. The fraction of sp³-hybridized carbons (Fsp3) is 0.154. The highest BCUT2D eigenvalue weighted by molar-refractivity contribution is 6.17. The first-order valence-corrected chi connectivity index (χ1v) is 11.0. The first kappa shape index (κ1) is 27.4. The molecule has 1 atom stereocenters. The maximum Gasteiger partial charge on any atom is 0.416 e. The summed E-state index contributed by atoms with van der Waals surface area (Å²) in [4.78, 5) is 26.9. The van der Waals surface area contributed by atoms with Crippen molar-refractivity contribution in [2.75, 3.05) is 17.3 Å². The molecule has 1 aliphatic heterocycles. The molecule has 3 aromatic rings. The number of halogens is 6. The van der Waals surface area contributed by atoms with E-state index in [4.69, 9.17) is 4.74 Å². The van der Waals surface area contributed by atoms with Crippen LogP contribution < -0.4 is 15.0 Å². The first-order valence-electron chi connectivity index (χ1n) is 11.0. The third-order valence-electron chi connectivity index (χ3n) is 5.89. The van der Waals surface area contributed by atoms with Crippen molar-refractivity contribution in [2.45, 2.75) is 18.4 Å². The van der Waals surface area contributed by atoms with E-state index >= 15 is 0 Å². The average Bonchev–Trinajstić information content (AvgIpc) is 3.15. The van der Waals surface area contributed by atoms with Crippen molar-refractivity contribution in [3.8, 4) is 11.5 Å². The van der Waals surface area contributed by atoms with Crippen LogP contribution in [0.5, 0.6) is 11.5 Å². The Labute approximate surface area is 216 Å². The molecule has 204 valence electrons. The largest absolute Gasteiger partial charge is 0.504 e. The van der Waals surface area contributed by atoms with Gasteiger partial charge in [-0.25, -0.2) is 4.79 Å². The predicted molar refractivity (Wildman–Crippen MR) is 126 cm³/mol. The second kappa shape index (κ2) is 9.89. The Bertz CT molecular complexity index is 1480. The minimum atomic E-state index is -4.79. The molecule has 0 spiro atoms. The number of nitrogens with one attached hydrogen (secondary N) is 1. The number of methoxy groups -OCH3 is 1. The van der Waals surface area contributed by atoms with Gasteiger partial charge in [-0.2, -0.15) is 26.3 Å². The van der Waals surface area contributed by atoms with Gasteiger partial charge in [0.25, 0.3) is 5.91 Å². The number of ether oxygens (including phenoxy) is 1. The first-order chi connectivity index (χ1) is 18.2. The van der Waals surface area contributed by atoms with Crippen LogP contribution in [0.2, 0.25) is 0 Å². The molecule has 4 rings (SSSR count). The molecule has 3 aromatic carbocycles. The van der Waals surface area contributed by atoms with Gasteiger partial charge in [-0.1, -0.05) is 18.2 Å². The summed E-state index contributed by atoms with van der Waals surface area (Å²) >= 11 is 0. The summed E-state index contributed by atoms with van der Waals surface area (Å²) in [6.45, 7) is 0. The number of anilines is 2. The van der Waals surface area contributed by atoms with Crippen LogP contribution in [-0.4, -0.2) is 29.2 Å². The van der Waals surface area contributed by atoms with Gasteiger partial charge in [0.15, 0.2) is 11.5 Å². The van der Waals surface area contributed by atoms with E-state index in [1.54, 1.807) is 0 Å². The molecule has 7 nitrogen and oxygen atoms in total. The molecule has 1 heterocycles. The number of hydrogen-bond acceptors (Lipinski definition) is 5. The Morgan fingerprint density at radius 1 is 0.923 bits per heavy atom. The summed E-state index contributed by atoms with van der Waals surface area (Å²) in [5.74, 6) is -3.22. The second-order valence-electron chi connectivity index (χ2n) is 8.35. The summed E-state index contributed by atoms with van der Waals surface area (Å²) in [5, 5.41) is 22.5. The summed E-state index contributed by atoms with van der Waals surface area (Å²) in [6, 6.07) is 9.26. The number of benzene rings is 3. The van der Waals surface area contributed by atoms with Gasteiger partial charge >= 0.3 is 18.3 Å². The lowest BCUT2D eigenvalue weighted by Gasteiger charge is -2.27. The minimum absolute atomic E-state index is 0.0358. The molecule has 0 aromatic heterocycles.